The number of piperidine rings is 1. The van der Waals surface area contributed by atoms with E-state index in [0.29, 0.717) is 17.6 Å². The van der Waals surface area contributed by atoms with E-state index < -0.39 is 0 Å². The van der Waals surface area contributed by atoms with Crippen molar-refractivity contribution in [2.75, 3.05) is 41.4 Å². The molecule has 32 heavy (non-hydrogen) atoms. The van der Waals surface area contributed by atoms with Gasteiger partial charge in [0.1, 0.15) is 11.6 Å². The summed E-state index contributed by atoms with van der Waals surface area (Å²) in [6.07, 6.45) is 4.82. The van der Waals surface area contributed by atoms with Crippen molar-refractivity contribution in [3.05, 3.63) is 41.5 Å². The zero-order valence-electron chi connectivity index (χ0n) is 18.7. The summed E-state index contributed by atoms with van der Waals surface area (Å²) in [5.74, 6) is 3.24. The number of nitrogens with zero attached hydrogens (tertiary/aromatic N) is 4. The lowest BCUT2D eigenvalue weighted by atomic mass is 9.99. The molecule has 0 spiro atoms. The van der Waals surface area contributed by atoms with Gasteiger partial charge in [-0.25, -0.2) is 0 Å². The van der Waals surface area contributed by atoms with Gasteiger partial charge in [-0.2, -0.15) is 9.97 Å². The summed E-state index contributed by atoms with van der Waals surface area (Å²) < 4.78 is 5.68. The van der Waals surface area contributed by atoms with Crippen LogP contribution in [0, 0.1) is 5.92 Å². The number of anilines is 3. The van der Waals surface area contributed by atoms with Crippen LogP contribution in [0.15, 0.2) is 30.3 Å². The van der Waals surface area contributed by atoms with Crippen LogP contribution in [0.1, 0.15) is 43.7 Å². The van der Waals surface area contributed by atoms with Gasteiger partial charge in [0.05, 0.1) is 6.10 Å². The molecule has 5 rings (SSSR count). The molecular weight excluding hydrogens is 420 g/mol. The first-order valence-electron chi connectivity index (χ1n) is 11.8. The van der Waals surface area contributed by atoms with Crippen molar-refractivity contribution in [3.63, 3.8) is 0 Å². The molecule has 3 aliphatic rings. The van der Waals surface area contributed by atoms with Crippen LogP contribution in [0.25, 0.3) is 0 Å². The summed E-state index contributed by atoms with van der Waals surface area (Å²) in [7, 11) is 0. The van der Waals surface area contributed by atoms with Gasteiger partial charge in [0, 0.05) is 45.4 Å². The molecule has 1 aromatic carbocycles. The Kier molecular flexibility index (Phi) is 6.41. The molecular formula is C24H32N6OS. The Bertz CT molecular complexity index is 930. The van der Waals surface area contributed by atoms with Crippen molar-refractivity contribution in [1.82, 2.24) is 15.3 Å². The highest BCUT2D eigenvalue weighted by molar-refractivity contribution is 7.80. The van der Waals surface area contributed by atoms with E-state index in [-0.39, 0.29) is 6.10 Å². The topological polar surface area (TPSA) is 65.5 Å². The summed E-state index contributed by atoms with van der Waals surface area (Å²) in [5.41, 5.74) is 2.73. The van der Waals surface area contributed by atoms with Crippen molar-refractivity contribution in [1.29, 1.82) is 0 Å². The number of hydrogen-bond donors (Lipinski definition) is 2. The average Bonchev–Trinajstić information content (AvgIpc) is 3.48. The van der Waals surface area contributed by atoms with Crippen LogP contribution < -0.4 is 20.4 Å². The molecule has 170 valence electrons. The molecule has 0 saturated carbocycles. The van der Waals surface area contributed by atoms with E-state index in [0.717, 1.165) is 63.2 Å². The maximum absolute atomic E-state index is 5.68. The lowest BCUT2D eigenvalue weighted by Crippen LogP contribution is -2.36. The summed E-state index contributed by atoms with van der Waals surface area (Å²) in [6, 6.07) is 10.7. The second-order valence-corrected chi connectivity index (χ2v) is 9.58. The molecule has 3 aliphatic heterocycles. The number of aromatic nitrogens is 2. The Labute approximate surface area is 195 Å². The van der Waals surface area contributed by atoms with Gasteiger partial charge in [-0.05, 0) is 54.9 Å². The maximum atomic E-state index is 5.68. The Morgan fingerprint density at radius 2 is 1.75 bits per heavy atom. The van der Waals surface area contributed by atoms with Crippen LogP contribution in [-0.4, -0.2) is 47.4 Å². The SMILES string of the molecule is CC1CCN(c2cc(N3Cc4ccccc4C3)nc(NC(=S)NC[C@@H]3CCCO3)n2)CC1. The predicted molar refractivity (Wildman–Crippen MR) is 132 cm³/mol. The fourth-order valence-electron chi connectivity index (χ4n) is 4.69. The normalized spacial score (nSPS) is 21.0. The molecule has 4 heterocycles. The first-order valence-corrected chi connectivity index (χ1v) is 12.2. The van der Waals surface area contributed by atoms with Crippen molar-refractivity contribution >= 4 is 34.9 Å². The maximum Gasteiger partial charge on any atom is 0.232 e. The number of fused-ring (bicyclic) bond motifs is 1. The summed E-state index contributed by atoms with van der Waals surface area (Å²) in [5, 5.41) is 7.04. The summed E-state index contributed by atoms with van der Waals surface area (Å²) in [4.78, 5) is 14.4. The molecule has 2 saturated heterocycles. The predicted octanol–water partition coefficient (Wildman–Crippen LogP) is 3.70. The minimum atomic E-state index is 0.232. The molecule has 7 nitrogen and oxygen atoms in total. The van der Waals surface area contributed by atoms with Crippen molar-refractivity contribution in [3.8, 4) is 0 Å². The van der Waals surface area contributed by atoms with Crippen LogP contribution in [0.3, 0.4) is 0 Å². The molecule has 0 amide bonds. The first-order chi connectivity index (χ1) is 15.6. The minimum Gasteiger partial charge on any atom is -0.376 e. The number of nitrogens with one attached hydrogen (secondary N) is 2. The second-order valence-electron chi connectivity index (χ2n) is 9.17. The molecule has 2 fully saturated rings. The first kappa shape index (κ1) is 21.4. The van der Waals surface area contributed by atoms with Crippen molar-refractivity contribution in [2.45, 2.75) is 51.8 Å². The smallest absolute Gasteiger partial charge is 0.232 e. The highest BCUT2D eigenvalue weighted by Gasteiger charge is 2.24. The van der Waals surface area contributed by atoms with E-state index in [1.807, 2.05) is 0 Å². The van der Waals surface area contributed by atoms with Gasteiger partial charge in [0.25, 0.3) is 0 Å². The minimum absolute atomic E-state index is 0.232. The second kappa shape index (κ2) is 9.58. The quantitative estimate of drug-likeness (QED) is 0.666. The Hall–Kier alpha value is -2.45. The van der Waals surface area contributed by atoms with Gasteiger partial charge in [0.2, 0.25) is 5.95 Å². The highest BCUT2D eigenvalue weighted by atomic mass is 32.1. The number of hydrogen-bond acceptors (Lipinski definition) is 6. The monoisotopic (exact) mass is 452 g/mol. The Balaban J connectivity index is 1.34. The van der Waals surface area contributed by atoms with Gasteiger partial charge >= 0.3 is 0 Å². The van der Waals surface area contributed by atoms with Crippen LogP contribution in [0.2, 0.25) is 0 Å². The van der Waals surface area contributed by atoms with Gasteiger partial charge in [-0.15, -0.1) is 0 Å². The van der Waals surface area contributed by atoms with E-state index in [2.05, 4.69) is 57.7 Å². The number of thiocarbonyl (C=S) groups is 1. The van der Waals surface area contributed by atoms with Gasteiger partial charge < -0.3 is 25.2 Å². The van der Waals surface area contributed by atoms with E-state index in [1.54, 1.807) is 0 Å². The number of rotatable bonds is 5. The molecule has 0 aliphatic carbocycles. The molecule has 2 N–H and O–H groups in total. The fraction of sp³-hybridized carbons (Fsp3) is 0.542. The third-order valence-corrected chi connectivity index (χ3v) is 6.96. The standard InChI is InChI=1S/C24H32N6OS/c1-17-8-10-29(11-9-17)21-13-22(30-15-18-5-2-3-6-19(18)16-30)27-23(26-21)28-24(32)25-14-20-7-4-12-31-20/h2-3,5-6,13,17,20H,4,7-12,14-16H2,1H3,(H2,25,26,27,28,32)/t20-/m0/s1. The van der Waals surface area contributed by atoms with Crippen molar-refractivity contribution < 1.29 is 4.74 Å². The van der Waals surface area contributed by atoms with Crippen molar-refractivity contribution in [2.24, 2.45) is 5.92 Å². The third-order valence-electron chi connectivity index (χ3n) is 6.71. The lowest BCUT2D eigenvalue weighted by Gasteiger charge is -2.32. The van der Waals surface area contributed by atoms with E-state index in [1.165, 1.54) is 24.0 Å². The zero-order chi connectivity index (χ0) is 21.9. The van der Waals surface area contributed by atoms with Gasteiger partial charge in [-0.3, -0.25) is 0 Å². The van der Waals surface area contributed by atoms with Crippen LogP contribution in [-0.2, 0) is 17.8 Å². The number of ether oxygens (including phenoxy) is 1. The molecule has 1 aromatic heterocycles. The molecule has 0 bridgehead atoms. The Morgan fingerprint density at radius 1 is 1.06 bits per heavy atom. The van der Waals surface area contributed by atoms with Crippen LogP contribution in [0.4, 0.5) is 17.6 Å². The lowest BCUT2D eigenvalue weighted by molar-refractivity contribution is 0.114. The molecule has 8 heteroatoms. The summed E-state index contributed by atoms with van der Waals surface area (Å²) in [6.45, 7) is 7.67. The Morgan fingerprint density at radius 3 is 2.41 bits per heavy atom. The average molecular weight is 453 g/mol. The molecule has 1 atom stereocenters. The van der Waals surface area contributed by atoms with E-state index in [9.17, 15) is 0 Å². The molecule has 0 unspecified atom stereocenters. The largest absolute Gasteiger partial charge is 0.376 e. The molecule has 0 radical (unpaired) electrons. The fourth-order valence-corrected chi connectivity index (χ4v) is 4.87. The van der Waals surface area contributed by atoms with Crippen LogP contribution >= 0.6 is 12.2 Å². The van der Waals surface area contributed by atoms with E-state index in [4.69, 9.17) is 26.9 Å². The summed E-state index contributed by atoms with van der Waals surface area (Å²) >= 11 is 5.54. The third kappa shape index (κ3) is 4.96. The highest BCUT2D eigenvalue weighted by Crippen LogP contribution is 2.31. The van der Waals surface area contributed by atoms with Gasteiger partial charge in [-0.1, -0.05) is 31.2 Å². The zero-order valence-corrected chi connectivity index (χ0v) is 19.5. The van der Waals surface area contributed by atoms with Gasteiger partial charge in [0.15, 0.2) is 5.11 Å². The molecule has 2 aromatic rings. The van der Waals surface area contributed by atoms with E-state index >= 15 is 0 Å². The van der Waals surface area contributed by atoms with Crippen LogP contribution in [0.5, 0.6) is 0 Å². The number of benzene rings is 1.